The fourth-order valence-electron chi connectivity index (χ4n) is 4.17. The van der Waals surface area contributed by atoms with E-state index < -0.39 is 0 Å². The van der Waals surface area contributed by atoms with Crippen LogP contribution in [-0.2, 0) is 16.1 Å². The van der Waals surface area contributed by atoms with Crippen LogP contribution >= 0.6 is 0 Å². The van der Waals surface area contributed by atoms with Gasteiger partial charge in [0.1, 0.15) is 12.9 Å². The number of benzene rings is 1. The molecule has 0 bridgehead atoms. The molecule has 2 aromatic heterocycles. The van der Waals surface area contributed by atoms with Gasteiger partial charge in [0.25, 0.3) is 5.91 Å². The summed E-state index contributed by atoms with van der Waals surface area (Å²) in [7, 11) is 0. The number of aromatic nitrogens is 5. The van der Waals surface area contributed by atoms with Crippen molar-refractivity contribution in [1.82, 2.24) is 35.0 Å². The fourth-order valence-corrected chi connectivity index (χ4v) is 4.17. The van der Waals surface area contributed by atoms with E-state index in [0.29, 0.717) is 42.7 Å². The average Bonchev–Trinajstić information content (AvgIpc) is 3.42. The van der Waals surface area contributed by atoms with E-state index in [0.717, 1.165) is 0 Å². The number of pyridine rings is 1. The number of nitrogens with one attached hydrogen (secondary N) is 1. The number of para-hydroxylation sites is 1. The van der Waals surface area contributed by atoms with E-state index in [-0.39, 0.29) is 36.1 Å². The SMILES string of the molecule is O=C(Cn1cnnn1)N1C[C@@H]2[C@@H](C1)OCCN2C(=O)c1cc(=O)[nH]c2ccccc12. The number of likely N-dealkylation sites (tertiary alicyclic amines) is 1. The van der Waals surface area contributed by atoms with Crippen molar-refractivity contribution in [3.63, 3.8) is 0 Å². The van der Waals surface area contributed by atoms with E-state index in [9.17, 15) is 14.4 Å². The van der Waals surface area contributed by atoms with E-state index in [2.05, 4.69) is 20.5 Å². The van der Waals surface area contributed by atoms with Crippen LogP contribution in [-0.4, -0.2) is 85.2 Å². The van der Waals surface area contributed by atoms with Crippen LogP contribution in [0.3, 0.4) is 0 Å². The van der Waals surface area contributed by atoms with Crippen LogP contribution in [0.4, 0.5) is 0 Å². The van der Waals surface area contributed by atoms with Gasteiger partial charge in [0.2, 0.25) is 11.5 Å². The minimum atomic E-state index is -0.327. The van der Waals surface area contributed by atoms with Crippen LogP contribution in [0.25, 0.3) is 10.9 Å². The number of tetrazole rings is 1. The molecule has 0 saturated carbocycles. The number of H-pyrrole nitrogens is 1. The second-order valence-electron chi connectivity index (χ2n) is 7.37. The van der Waals surface area contributed by atoms with E-state index >= 15 is 0 Å². The van der Waals surface area contributed by atoms with Gasteiger partial charge in [0.15, 0.2) is 0 Å². The summed E-state index contributed by atoms with van der Waals surface area (Å²) in [5.74, 6) is -0.375. The second-order valence-corrected chi connectivity index (χ2v) is 7.37. The van der Waals surface area contributed by atoms with Gasteiger partial charge in [0, 0.05) is 36.6 Å². The lowest BCUT2D eigenvalue weighted by Crippen LogP contribution is -2.53. The highest BCUT2D eigenvalue weighted by molar-refractivity contribution is 6.06. The van der Waals surface area contributed by atoms with E-state index in [1.165, 1.54) is 17.1 Å². The molecule has 0 unspecified atom stereocenters. The Morgan fingerprint density at radius 2 is 2.10 bits per heavy atom. The first-order chi connectivity index (χ1) is 14.6. The summed E-state index contributed by atoms with van der Waals surface area (Å²) in [4.78, 5) is 44.3. The highest BCUT2D eigenvalue weighted by Crippen LogP contribution is 2.26. The molecule has 1 aromatic carbocycles. The zero-order valence-electron chi connectivity index (χ0n) is 16.0. The Bertz CT molecular complexity index is 1160. The molecule has 2 aliphatic heterocycles. The summed E-state index contributed by atoms with van der Waals surface area (Å²) in [6, 6.07) is 8.28. The molecule has 11 nitrogen and oxygen atoms in total. The van der Waals surface area contributed by atoms with Crippen molar-refractivity contribution in [3.05, 3.63) is 52.6 Å². The van der Waals surface area contributed by atoms with Crippen LogP contribution in [0.5, 0.6) is 0 Å². The van der Waals surface area contributed by atoms with E-state index in [1.807, 2.05) is 18.2 Å². The summed E-state index contributed by atoms with van der Waals surface area (Å²) < 4.78 is 7.20. The Hall–Kier alpha value is -3.60. The summed E-state index contributed by atoms with van der Waals surface area (Å²) >= 11 is 0. The third-order valence-corrected chi connectivity index (χ3v) is 5.58. The Kier molecular flexibility index (Phi) is 4.51. The van der Waals surface area contributed by atoms with Crippen LogP contribution in [0.15, 0.2) is 41.5 Å². The zero-order chi connectivity index (χ0) is 20.7. The fraction of sp³-hybridized carbons (Fsp3) is 0.368. The minimum Gasteiger partial charge on any atom is -0.372 e. The molecule has 3 aromatic rings. The molecule has 5 rings (SSSR count). The maximum Gasteiger partial charge on any atom is 0.255 e. The van der Waals surface area contributed by atoms with Crippen LogP contribution in [0, 0.1) is 0 Å². The monoisotopic (exact) mass is 409 g/mol. The number of morpholine rings is 1. The Morgan fingerprint density at radius 3 is 2.93 bits per heavy atom. The Morgan fingerprint density at radius 1 is 1.23 bits per heavy atom. The normalized spacial score (nSPS) is 21.1. The first-order valence-corrected chi connectivity index (χ1v) is 9.63. The molecule has 0 aliphatic carbocycles. The predicted octanol–water partition coefficient (Wildman–Crippen LogP) is -0.733. The van der Waals surface area contributed by atoms with Crippen molar-refractivity contribution in [1.29, 1.82) is 0 Å². The lowest BCUT2D eigenvalue weighted by molar-refractivity contribution is -0.131. The molecule has 154 valence electrons. The standard InChI is InChI=1S/C19H19N7O4/c27-17-7-13(12-3-1-2-4-14(12)21-17)19(29)26-5-6-30-16-9-24(8-15(16)26)18(28)10-25-11-20-22-23-25/h1-4,7,11,15-16H,5-6,8-10H2,(H,21,27)/t15-,16-/m1/s1. The number of fused-ring (bicyclic) bond motifs is 2. The number of nitrogens with zero attached hydrogens (tertiary/aromatic N) is 6. The van der Waals surface area contributed by atoms with Gasteiger partial charge < -0.3 is 19.5 Å². The third kappa shape index (κ3) is 3.22. The molecule has 2 atom stereocenters. The first-order valence-electron chi connectivity index (χ1n) is 9.63. The number of carbonyl (C=O) groups excluding carboxylic acids is 2. The quantitative estimate of drug-likeness (QED) is 0.604. The number of hydrogen-bond donors (Lipinski definition) is 1. The van der Waals surface area contributed by atoms with Crippen LogP contribution in [0.1, 0.15) is 10.4 Å². The summed E-state index contributed by atoms with van der Waals surface area (Å²) in [5, 5.41) is 11.5. The maximum absolute atomic E-state index is 13.4. The van der Waals surface area contributed by atoms with Crippen molar-refractivity contribution in [2.75, 3.05) is 26.2 Å². The first kappa shape index (κ1) is 18.4. The number of aromatic amines is 1. The van der Waals surface area contributed by atoms with E-state index in [4.69, 9.17) is 4.74 Å². The lowest BCUT2D eigenvalue weighted by Gasteiger charge is -2.36. The number of hydrogen-bond acceptors (Lipinski definition) is 7. The van der Waals surface area contributed by atoms with Gasteiger partial charge in [-0.1, -0.05) is 18.2 Å². The summed E-state index contributed by atoms with van der Waals surface area (Å²) in [6.45, 7) is 1.56. The highest BCUT2D eigenvalue weighted by Gasteiger charge is 2.44. The van der Waals surface area contributed by atoms with Crippen LogP contribution in [0.2, 0.25) is 0 Å². The Balaban J connectivity index is 1.40. The van der Waals surface area contributed by atoms with E-state index in [1.54, 1.807) is 15.9 Å². The van der Waals surface area contributed by atoms with Crippen molar-refractivity contribution >= 4 is 22.7 Å². The molecule has 0 spiro atoms. The van der Waals surface area contributed by atoms with Crippen molar-refractivity contribution in [3.8, 4) is 0 Å². The molecule has 2 fully saturated rings. The van der Waals surface area contributed by atoms with Gasteiger partial charge in [-0.3, -0.25) is 14.4 Å². The second kappa shape index (κ2) is 7.34. The molecule has 2 amide bonds. The topological polar surface area (TPSA) is 126 Å². The summed E-state index contributed by atoms with van der Waals surface area (Å²) in [6.07, 6.45) is 1.11. The minimum absolute atomic E-state index is 0.0269. The Labute approximate surface area is 170 Å². The number of carbonyl (C=O) groups is 2. The highest BCUT2D eigenvalue weighted by atomic mass is 16.5. The average molecular weight is 409 g/mol. The molecule has 1 N–H and O–H groups in total. The molecule has 2 aliphatic rings. The van der Waals surface area contributed by atoms with Gasteiger partial charge >= 0.3 is 0 Å². The van der Waals surface area contributed by atoms with Crippen molar-refractivity contribution < 1.29 is 14.3 Å². The van der Waals surface area contributed by atoms with Gasteiger partial charge in [-0.05, 0) is 16.5 Å². The van der Waals surface area contributed by atoms with Crippen molar-refractivity contribution in [2.45, 2.75) is 18.7 Å². The van der Waals surface area contributed by atoms with Crippen molar-refractivity contribution in [2.24, 2.45) is 0 Å². The predicted molar refractivity (Wildman–Crippen MR) is 104 cm³/mol. The van der Waals surface area contributed by atoms with Crippen LogP contribution < -0.4 is 5.56 Å². The molecule has 4 heterocycles. The summed E-state index contributed by atoms with van der Waals surface area (Å²) in [5.41, 5.74) is 0.642. The molecule has 11 heteroatoms. The maximum atomic E-state index is 13.4. The van der Waals surface area contributed by atoms with Gasteiger partial charge in [-0.15, -0.1) is 5.10 Å². The molecular formula is C19H19N7O4. The van der Waals surface area contributed by atoms with Gasteiger partial charge in [-0.25, -0.2) is 4.68 Å². The lowest BCUT2D eigenvalue weighted by atomic mass is 10.0. The molecule has 30 heavy (non-hydrogen) atoms. The number of ether oxygens (including phenoxy) is 1. The smallest absolute Gasteiger partial charge is 0.255 e. The van der Waals surface area contributed by atoms with Gasteiger partial charge in [0.05, 0.1) is 24.3 Å². The zero-order valence-corrected chi connectivity index (χ0v) is 16.0. The van der Waals surface area contributed by atoms with Gasteiger partial charge in [-0.2, -0.15) is 0 Å². The molecular weight excluding hydrogens is 390 g/mol. The molecule has 0 radical (unpaired) electrons. The number of amides is 2. The number of rotatable bonds is 3. The molecule has 2 saturated heterocycles. The third-order valence-electron chi connectivity index (χ3n) is 5.58. The largest absolute Gasteiger partial charge is 0.372 e.